The molecular weight excluding hydrogens is 322 g/mol. The van der Waals surface area contributed by atoms with E-state index in [2.05, 4.69) is 50.8 Å². The van der Waals surface area contributed by atoms with Gasteiger partial charge in [-0.25, -0.2) is 0 Å². The maximum Gasteiger partial charge on any atom is 0.226 e. The molecule has 1 aliphatic rings. The van der Waals surface area contributed by atoms with Gasteiger partial charge in [-0.1, -0.05) is 46.9 Å². The molecule has 4 heteroatoms. The summed E-state index contributed by atoms with van der Waals surface area (Å²) in [5.41, 5.74) is 5.42. The van der Waals surface area contributed by atoms with E-state index in [1.807, 2.05) is 18.9 Å². The van der Waals surface area contributed by atoms with Crippen molar-refractivity contribution in [3.05, 3.63) is 48.0 Å². The van der Waals surface area contributed by atoms with E-state index in [0.717, 1.165) is 66.2 Å². The molecule has 1 amide bonds. The minimum absolute atomic E-state index is 0.103. The number of aliphatic imine (C=N–C) groups is 1. The molecule has 0 bridgehead atoms. The fraction of sp³-hybridized carbons (Fsp3) is 0.545. The number of nitrogens with one attached hydrogen (secondary N) is 1. The number of hydrogen-bond acceptors (Lipinski definition) is 3. The lowest BCUT2D eigenvalue weighted by Crippen LogP contribution is -2.30. The molecule has 0 saturated carbocycles. The summed E-state index contributed by atoms with van der Waals surface area (Å²) in [7, 11) is 1.87. The van der Waals surface area contributed by atoms with Crippen LogP contribution in [0.1, 0.15) is 59.8 Å². The number of unbranched alkanes of at least 4 members (excludes halogenated alkanes) is 1. The second-order valence-corrected chi connectivity index (χ2v) is 7.22. The zero-order valence-corrected chi connectivity index (χ0v) is 17.2. The lowest BCUT2D eigenvalue weighted by atomic mass is 9.94. The van der Waals surface area contributed by atoms with E-state index in [1.54, 1.807) is 0 Å². The molecule has 0 aromatic rings. The second-order valence-electron chi connectivity index (χ2n) is 7.22. The number of carbonyl (C=O) groups is 1. The normalized spacial score (nSPS) is 17.5. The summed E-state index contributed by atoms with van der Waals surface area (Å²) >= 11 is 0. The van der Waals surface area contributed by atoms with Crippen molar-refractivity contribution in [3.8, 4) is 0 Å². The maximum absolute atomic E-state index is 12.8. The van der Waals surface area contributed by atoms with E-state index >= 15 is 0 Å². The molecule has 1 unspecified atom stereocenters. The number of hydrogen-bond donors (Lipinski definition) is 1. The van der Waals surface area contributed by atoms with Gasteiger partial charge in [-0.15, -0.1) is 0 Å². The highest BCUT2D eigenvalue weighted by Gasteiger charge is 2.26. The highest BCUT2D eigenvalue weighted by atomic mass is 16.2. The molecule has 1 rings (SSSR count). The molecule has 0 fully saturated rings. The van der Waals surface area contributed by atoms with Crippen LogP contribution in [0.4, 0.5) is 0 Å². The molecule has 0 spiro atoms. The number of nitrogens with zero attached hydrogens (tertiary/aromatic N) is 2. The summed E-state index contributed by atoms with van der Waals surface area (Å²) < 4.78 is 0. The first kappa shape index (κ1) is 21.9. The lowest BCUT2D eigenvalue weighted by molar-refractivity contribution is -0.129. The second kappa shape index (κ2) is 10.1. The van der Waals surface area contributed by atoms with E-state index in [0.29, 0.717) is 12.3 Å². The van der Waals surface area contributed by atoms with Gasteiger partial charge in [0.05, 0.1) is 6.42 Å². The Kier molecular flexibility index (Phi) is 8.56. The summed E-state index contributed by atoms with van der Waals surface area (Å²) in [5, 5.41) is 3.33. The van der Waals surface area contributed by atoms with Crippen LogP contribution in [0.25, 0.3) is 0 Å². The summed E-state index contributed by atoms with van der Waals surface area (Å²) in [6.45, 7) is 21.2. The molecule has 144 valence electrons. The van der Waals surface area contributed by atoms with Gasteiger partial charge in [0.15, 0.2) is 0 Å². The third-order valence-electron chi connectivity index (χ3n) is 4.72. The van der Waals surface area contributed by atoms with Crippen molar-refractivity contribution < 1.29 is 4.79 Å². The Labute approximate surface area is 159 Å². The van der Waals surface area contributed by atoms with Gasteiger partial charge in [0.2, 0.25) is 5.91 Å². The molecule has 4 nitrogen and oxygen atoms in total. The predicted octanol–water partition coefficient (Wildman–Crippen LogP) is 4.97. The smallest absolute Gasteiger partial charge is 0.226 e. The highest BCUT2D eigenvalue weighted by Crippen LogP contribution is 2.30. The Morgan fingerprint density at radius 1 is 1.35 bits per heavy atom. The van der Waals surface area contributed by atoms with Crippen molar-refractivity contribution in [2.45, 2.75) is 59.8 Å². The molecule has 0 aliphatic carbocycles. The average Bonchev–Trinajstić information content (AvgIpc) is 2.93. The third kappa shape index (κ3) is 6.01. The first-order valence-corrected chi connectivity index (χ1v) is 9.55. The Morgan fingerprint density at radius 2 is 2.00 bits per heavy atom. The quantitative estimate of drug-likeness (QED) is 0.561. The summed E-state index contributed by atoms with van der Waals surface area (Å²) in [6.07, 6.45) is 3.99. The van der Waals surface area contributed by atoms with Gasteiger partial charge in [-0.3, -0.25) is 9.79 Å². The third-order valence-corrected chi connectivity index (χ3v) is 4.72. The summed E-state index contributed by atoms with van der Waals surface area (Å²) in [5.74, 6) is 0.403. The van der Waals surface area contributed by atoms with Crippen LogP contribution in [-0.4, -0.2) is 30.1 Å². The van der Waals surface area contributed by atoms with Crippen LogP contribution < -0.4 is 5.32 Å². The van der Waals surface area contributed by atoms with Crippen molar-refractivity contribution >= 4 is 11.6 Å². The molecule has 0 aromatic carbocycles. The van der Waals surface area contributed by atoms with E-state index in [9.17, 15) is 4.79 Å². The molecule has 1 heterocycles. The molecule has 0 radical (unpaired) electrons. The van der Waals surface area contributed by atoms with E-state index in [1.165, 1.54) is 0 Å². The van der Waals surface area contributed by atoms with Gasteiger partial charge in [0, 0.05) is 47.9 Å². The molecule has 0 aromatic heterocycles. The maximum atomic E-state index is 12.8. The van der Waals surface area contributed by atoms with E-state index < -0.39 is 0 Å². The van der Waals surface area contributed by atoms with Gasteiger partial charge < -0.3 is 10.2 Å². The monoisotopic (exact) mass is 357 g/mol. The average molecular weight is 358 g/mol. The minimum Gasteiger partial charge on any atom is -0.359 e. The van der Waals surface area contributed by atoms with Crippen LogP contribution in [0.5, 0.6) is 0 Å². The molecule has 1 aliphatic heterocycles. The Hall–Kier alpha value is -2.10. The largest absolute Gasteiger partial charge is 0.359 e. The molecule has 26 heavy (non-hydrogen) atoms. The van der Waals surface area contributed by atoms with Crippen molar-refractivity contribution in [1.29, 1.82) is 0 Å². The van der Waals surface area contributed by atoms with Gasteiger partial charge >= 0.3 is 0 Å². The van der Waals surface area contributed by atoms with E-state index in [-0.39, 0.29) is 5.91 Å². The van der Waals surface area contributed by atoms with Gasteiger partial charge in [-0.2, -0.15) is 0 Å². The zero-order chi connectivity index (χ0) is 19.9. The zero-order valence-electron chi connectivity index (χ0n) is 17.2. The lowest BCUT2D eigenvalue weighted by Gasteiger charge is -2.22. The standard InChI is InChI=1S/C22H35N3O/c1-9-11-12-25(8)21(26)14-19(20-13-17(6)18(7)24-20)22(16(5)10-2)23-15(3)4/h17,23H,3,5,7,9-14H2,1-2,4,6,8H3/b22-19-. The van der Waals surface area contributed by atoms with Gasteiger partial charge in [0.25, 0.3) is 0 Å². The molecule has 1 atom stereocenters. The first-order valence-electron chi connectivity index (χ1n) is 9.55. The summed E-state index contributed by atoms with van der Waals surface area (Å²) in [6, 6.07) is 0. The van der Waals surface area contributed by atoms with Crippen LogP contribution in [0, 0.1) is 5.92 Å². The Bertz CT molecular complexity index is 640. The number of allylic oxidation sites excluding steroid dienone is 3. The highest BCUT2D eigenvalue weighted by molar-refractivity contribution is 6.06. The van der Waals surface area contributed by atoms with Crippen molar-refractivity contribution in [1.82, 2.24) is 10.2 Å². The first-order chi connectivity index (χ1) is 12.2. The van der Waals surface area contributed by atoms with Gasteiger partial charge in [-0.05, 0) is 31.8 Å². The van der Waals surface area contributed by atoms with Crippen LogP contribution in [0.15, 0.2) is 53.0 Å². The van der Waals surface area contributed by atoms with Crippen LogP contribution in [0.2, 0.25) is 0 Å². The Morgan fingerprint density at radius 3 is 2.46 bits per heavy atom. The minimum atomic E-state index is 0.103. The van der Waals surface area contributed by atoms with Crippen LogP contribution >= 0.6 is 0 Å². The van der Waals surface area contributed by atoms with Crippen molar-refractivity contribution in [3.63, 3.8) is 0 Å². The SMILES string of the molecule is C=C(C)N/C(C(=C)CC)=C(/CC(=O)N(C)CCCC)C1=NC(=C)C(C)C1. The van der Waals surface area contributed by atoms with E-state index in [4.69, 9.17) is 0 Å². The molecule has 0 saturated heterocycles. The number of carbonyl (C=O) groups excluding carboxylic acids is 1. The number of rotatable bonds is 10. The fourth-order valence-electron chi connectivity index (χ4n) is 2.84. The Balaban J connectivity index is 3.28. The fourth-order valence-corrected chi connectivity index (χ4v) is 2.84. The van der Waals surface area contributed by atoms with Crippen LogP contribution in [0.3, 0.4) is 0 Å². The van der Waals surface area contributed by atoms with Crippen molar-refractivity contribution in [2.24, 2.45) is 10.9 Å². The van der Waals surface area contributed by atoms with Crippen molar-refractivity contribution in [2.75, 3.05) is 13.6 Å². The van der Waals surface area contributed by atoms with Gasteiger partial charge in [0.1, 0.15) is 0 Å². The molecule has 1 N–H and O–H groups in total. The number of amides is 1. The topological polar surface area (TPSA) is 44.7 Å². The predicted molar refractivity (Wildman–Crippen MR) is 112 cm³/mol. The van der Waals surface area contributed by atoms with Crippen LogP contribution in [-0.2, 0) is 4.79 Å². The molecular formula is C22H35N3O. The summed E-state index contributed by atoms with van der Waals surface area (Å²) in [4.78, 5) is 19.3.